The number of nitrogens with two attached hydrogens (primary N) is 1. The first kappa shape index (κ1) is 13.4. The zero-order chi connectivity index (χ0) is 14.8. The molecule has 2 aromatic carbocycles. The van der Waals surface area contributed by atoms with Gasteiger partial charge in [-0.2, -0.15) is 10.4 Å². The second-order valence-electron chi connectivity index (χ2n) is 4.47. The molecular formula is C16H11BrN4. The average molecular weight is 339 g/mol. The monoisotopic (exact) mass is 338 g/mol. The zero-order valence-corrected chi connectivity index (χ0v) is 12.6. The molecule has 1 aromatic heterocycles. The molecule has 0 atom stereocenters. The Labute approximate surface area is 130 Å². The van der Waals surface area contributed by atoms with E-state index in [1.165, 1.54) is 0 Å². The van der Waals surface area contributed by atoms with Crippen molar-refractivity contribution in [3.05, 3.63) is 64.6 Å². The normalized spacial score (nSPS) is 10.3. The van der Waals surface area contributed by atoms with Gasteiger partial charge in [0.2, 0.25) is 0 Å². The van der Waals surface area contributed by atoms with Gasteiger partial charge in [-0.25, -0.2) is 4.68 Å². The number of rotatable bonds is 2. The summed E-state index contributed by atoms with van der Waals surface area (Å²) in [6.45, 7) is 0. The number of nitrogens with zero attached hydrogens (tertiary/aromatic N) is 3. The molecule has 0 bridgehead atoms. The molecule has 0 radical (unpaired) electrons. The molecular weight excluding hydrogens is 328 g/mol. The van der Waals surface area contributed by atoms with Crippen molar-refractivity contribution in [2.75, 3.05) is 5.73 Å². The number of aromatic nitrogens is 2. The number of hydrogen-bond acceptors (Lipinski definition) is 3. The first-order valence-electron chi connectivity index (χ1n) is 6.30. The van der Waals surface area contributed by atoms with Gasteiger partial charge in [-0.05, 0) is 24.3 Å². The molecule has 1 heterocycles. The van der Waals surface area contributed by atoms with E-state index in [4.69, 9.17) is 5.73 Å². The lowest BCUT2D eigenvalue weighted by molar-refractivity contribution is 0.895. The van der Waals surface area contributed by atoms with Crippen LogP contribution in [0.2, 0.25) is 0 Å². The molecule has 4 nitrogen and oxygen atoms in total. The number of hydrogen-bond donors (Lipinski definition) is 1. The molecule has 0 aliphatic rings. The summed E-state index contributed by atoms with van der Waals surface area (Å²) in [5.74, 6) is 0.349. The second-order valence-corrected chi connectivity index (χ2v) is 5.39. The fraction of sp³-hybridized carbons (Fsp3) is 0. The van der Waals surface area contributed by atoms with Crippen LogP contribution in [0.5, 0.6) is 0 Å². The smallest absolute Gasteiger partial charge is 0.145 e. The van der Waals surface area contributed by atoms with Gasteiger partial charge in [-0.3, -0.25) is 0 Å². The highest BCUT2D eigenvalue weighted by atomic mass is 79.9. The van der Waals surface area contributed by atoms with Crippen LogP contribution in [0.1, 0.15) is 5.56 Å². The fourth-order valence-corrected chi connectivity index (χ4v) is 2.38. The van der Waals surface area contributed by atoms with Crippen LogP contribution < -0.4 is 5.73 Å². The molecule has 102 valence electrons. The number of anilines is 1. The quantitative estimate of drug-likeness (QED) is 0.773. The predicted octanol–water partition coefficient (Wildman–Crippen LogP) is 3.76. The lowest BCUT2D eigenvalue weighted by Crippen LogP contribution is -2.01. The minimum atomic E-state index is 0.349. The van der Waals surface area contributed by atoms with E-state index >= 15 is 0 Å². The molecule has 0 amide bonds. The molecule has 0 saturated carbocycles. The van der Waals surface area contributed by atoms with Crippen molar-refractivity contribution in [1.82, 2.24) is 9.78 Å². The van der Waals surface area contributed by atoms with E-state index in [-0.39, 0.29) is 0 Å². The van der Waals surface area contributed by atoms with Crippen molar-refractivity contribution >= 4 is 21.7 Å². The van der Waals surface area contributed by atoms with E-state index in [0.717, 1.165) is 15.7 Å². The van der Waals surface area contributed by atoms with Crippen molar-refractivity contribution in [2.45, 2.75) is 0 Å². The highest BCUT2D eigenvalue weighted by molar-refractivity contribution is 9.10. The maximum absolute atomic E-state index is 9.38. The standard InChI is InChI=1S/C16H11BrN4/c17-12-8-6-11(7-9-12)15-14(10-18)16(19)21(20-15)13-4-2-1-3-5-13/h1-9H,19H2. The Hall–Kier alpha value is -2.58. The lowest BCUT2D eigenvalue weighted by atomic mass is 10.1. The molecule has 0 aliphatic heterocycles. The van der Waals surface area contributed by atoms with Crippen molar-refractivity contribution in [1.29, 1.82) is 5.26 Å². The van der Waals surface area contributed by atoms with Crippen LogP contribution in [0.25, 0.3) is 16.9 Å². The Balaban J connectivity index is 2.19. The van der Waals surface area contributed by atoms with Crippen LogP contribution in [0.3, 0.4) is 0 Å². The largest absolute Gasteiger partial charge is 0.382 e. The number of halogens is 1. The third-order valence-corrected chi connectivity index (χ3v) is 3.68. The number of nitrogen functional groups attached to an aromatic ring is 1. The third kappa shape index (κ3) is 2.41. The minimum absolute atomic E-state index is 0.349. The minimum Gasteiger partial charge on any atom is -0.382 e. The topological polar surface area (TPSA) is 67.6 Å². The van der Waals surface area contributed by atoms with Crippen LogP contribution in [-0.4, -0.2) is 9.78 Å². The van der Waals surface area contributed by atoms with Gasteiger partial charge in [0.05, 0.1) is 5.69 Å². The molecule has 2 N–H and O–H groups in total. The van der Waals surface area contributed by atoms with Crippen LogP contribution in [0.15, 0.2) is 59.1 Å². The first-order valence-corrected chi connectivity index (χ1v) is 7.10. The Bertz CT molecular complexity index is 814. The third-order valence-electron chi connectivity index (χ3n) is 3.15. The number of nitriles is 1. The van der Waals surface area contributed by atoms with Gasteiger partial charge < -0.3 is 5.73 Å². The number of benzene rings is 2. The van der Waals surface area contributed by atoms with E-state index in [0.29, 0.717) is 17.1 Å². The van der Waals surface area contributed by atoms with Crippen molar-refractivity contribution in [3.8, 4) is 23.0 Å². The summed E-state index contributed by atoms with van der Waals surface area (Å²) in [5.41, 5.74) is 8.75. The Morgan fingerprint density at radius 2 is 1.71 bits per heavy atom. The molecule has 3 rings (SSSR count). The summed E-state index contributed by atoms with van der Waals surface area (Å²) in [4.78, 5) is 0. The summed E-state index contributed by atoms with van der Waals surface area (Å²) < 4.78 is 2.57. The predicted molar refractivity (Wildman–Crippen MR) is 85.8 cm³/mol. The summed E-state index contributed by atoms with van der Waals surface area (Å²) >= 11 is 3.39. The molecule has 3 aromatic rings. The van der Waals surface area contributed by atoms with Crippen LogP contribution in [0.4, 0.5) is 5.82 Å². The zero-order valence-electron chi connectivity index (χ0n) is 11.0. The second kappa shape index (κ2) is 5.43. The fourth-order valence-electron chi connectivity index (χ4n) is 2.12. The lowest BCUT2D eigenvalue weighted by Gasteiger charge is -2.02. The molecule has 0 fully saturated rings. The van der Waals surface area contributed by atoms with Crippen LogP contribution >= 0.6 is 15.9 Å². The van der Waals surface area contributed by atoms with Gasteiger partial charge >= 0.3 is 0 Å². The van der Waals surface area contributed by atoms with Gasteiger partial charge in [-0.1, -0.05) is 46.3 Å². The Morgan fingerprint density at radius 1 is 1.05 bits per heavy atom. The summed E-state index contributed by atoms with van der Waals surface area (Å²) in [6, 6.07) is 19.3. The Morgan fingerprint density at radius 3 is 2.33 bits per heavy atom. The molecule has 21 heavy (non-hydrogen) atoms. The summed E-state index contributed by atoms with van der Waals surface area (Å²) in [5, 5.41) is 13.9. The first-order chi connectivity index (χ1) is 10.2. The van der Waals surface area contributed by atoms with E-state index in [1.54, 1.807) is 4.68 Å². The van der Waals surface area contributed by atoms with Crippen LogP contribution in [0, 0.1) is 11.3 Å². The van der Waals surface area contributed by atoms with Crippen molar-refractivity contribution in [3.63, 3.8) is 0 Å². The van der Waals surface area contributed by atoms with Crippen molar-refractivity contribution in [2.24, 2.45) is 0 Å². The SMILES string of the molecule is N#Cc1c(-c2ccc(Br)cc2)nn(-c2ccccc2)c1N. The summed E-state index contributed by atoms with van der Waals surface area (Å²) in [6.07, 6.45) is 0. The highest BCUT2D eigenvalue weighted by Gasteiger charge is 2.17. The highest BCUT2D eigenvalue weighted by Crippen LogP contribution is 2.29. The van der Waals surface area contributed by atoms with Gasteiger partial charge in [0.15, 0.2) is 0 Å². The van der Waals surface area contributed by atoms with E-state index in [1.807, 2.05) is 54.6 Å². The maximum Gasteiger partial charge on any atom is 0.145 e. The van der Waals surface area contributed by atoms with E-state index in [9.17, 15) is 5.26 Å². The van der Waals surface area contributed by atoms with Gasteiger partial charge in [0.25, 0.3) is 0 Å². The molecule has 0 spiro atoms. The molecule has 0 unspecified atom stereocenters. The number of para-hydroxylation sites is 1. The van der Waals surface area contributed by atoms with Gasteiger partial charge in [0, 0.05) is 10.0 Å². The Kier molecular flexibility index (Phi) is 3.46. The van der Waals surface area contributed by atoms with Gasteiger partial charge in [0.1, 0.15) is 23.1 Å². The molecule has 0 aliphatic carbocycles. The van der Waals surface area contributed by atoms with E-state index < -0.39 is 0 Å². The van der Waals surface area contributed by atoms with E-state index in [2.05, 4.69) is 27.1 Å². The van der Waals surface area contributed by atoms with Crippen molar-refractivity contribution < 1.29 is 0 Å². The molecule has 5 heteroatoms. The molecule has 0 saturated heterocycles. The summed E-state index contributed by atoms with van der Waals surface area (Å²) in [7, 11) is 0. The average Bonchev–Trinajstić information content (AvgIpc) is 2.85. The maximum atomic E-state index is 9.38. The van der Waals surface area contributed by atoms with Gasteiger partial charge in [-0.15, -0.1) is 0 Å². The van der Waals surface area contributed by atoms with Crippen LogP contribution in [-0.2, 0) is 0 Å².